The van der Waals surface area contributed by atoms with E-state index in [0.29, 0.717) is 24.1 Å². The Kier molecular flexibility index (Phi) is 10.8. The third-order valence-electron chi connectivity index (χ3n) is 7.09. The molecule has 1 aliphatic heterocycles. The lowest BCUT2D eigenvalue weighted by atomic mass is 10.0. The van der Waals surface area contributed by atoms with Gasteiger partial charge in [-0.2, -0.15) is 0 Å². The number of carbonyl (C=O) groups is 2. The molecule has 10 nitrogen and oxygen atoms in total. The Labute approximate surface area is 244 Å². The molecule has 1 aliphatic rings. The van der Waals surface area contributed by atoms with Gasteiger partial charge in [-0.3, -0.25) is 25.1 Å². The summed E-state index contributed by atoms with van der Waals surface area (Å²) in [6, 6.07) is 21.2. The Morgan fingerprint density at radius 1 is 1.10 bits per heavy atom. The molecule has 3 aromatic carbocycles. The minimum atomic E-state index is -0.520. The summed E-state index contributed by atoms with van der Waals surface area (Å²) in [7, 11) is 1.29. The Hall–Kier alpha value is -4.44. The number of rotatable bonds is 12. The maximum absolute atomic E-state index is 13.2. The third-order valence-corrected chi connectivity index (χ3v) is 7.09. The lowest BCUT2D eigenvalue weighted by molar-refractivity contribution is -0.385. The molecule has 0 unspecified atom stereocenters. The van der Waals surface area contributed by atoms with E-state index in [4.69, 9.17) is 20.6 Å². The molecule has 1 fully saturated rings. The van der Waals surface area contributed by atoms with Gasteiger partial charge in [0.25, 0.3) is 0 Å². The number of nitro benzene ring substituents is 1. The van der Waals surface area contributed by atoms with Gasteiger partial charge < -0.3 is 20.1 Å². The van der Waals surface area contributed by atoms with Crippen LogP contribution in [0, 0.1) is 21.4 Å². The van der Waals surface area contributed by atoms with Gasteiger partial charge in [-0.15, -0.1) is 12.4 Å². The molecule has 3 N–H and O–H groups in total. The molecule has 1 heterocycles. The topological polar surface area (TPSA) is 149 Å². The van der Waals surface area contributed by atoms with Gasteiger partial charge in [0, 0.05) is 18.2 Å². The average Bonchev–Trinajstić information content (AvgIpc) is 3.25. The zero-order chi connectivity index (χ0) is 28.6. The van der Waals surface area contributed by atoms with Gasteiger partial charge in [0.1, 0.15) is 12.4 Å². The number of hydrogen-bond acceptors (Lipinski definition) is 7. The van der Waals surface area contributed by atoms with Gasteiger partial charge in [-0.1, -0.05) is 60.7 Å². The van der Waals surface area contributed by atoms with Gasteiger partial charge >= 0.3 is 11.7 Å². The van der Waals surface area contributed by atoms with Crippen LogP contribution in [0.5, 0.6) is 5.75 Å². The highest BCUT2D eigenvalue weighted by Crippen LogP contribution is 2.34. The van der Waals surface area contributed by atoms with Crippen LogP contribution in [-0.4, -0.2) is 53.8 Å². The molecule has 0 aromatic heterocycles. The van der Waals surface area contributed by atoms with Crippen molar-refractivity contribution in [3.63, 3.8) is 0 Å². The van der Waals surface area contributed by atoms with Crippen molar-refractivity contribution in [3.8, 4) is 16.9 Å². The average molecular weight is 581 g/mol. The fourth-order valence-electron chi connectivity index (χ4n) is 4.96. The molecule has 0 bridgehead atoms. The molecule has 216 valence electrons. The number of nitrogens with zero attached hydrogens (tertiary/aromatic N) is 2. The number of nitrogens with two attached hydrogens (primary N) is 1. The third kappa shape index (κ3) is 7.82. The fraction of sp³-hybridized carbons (Fsp3) is 0.300. The summed E-state index contributed by atoms with van der Waals surface area (Å²) in [6.07, 6.45) is 1.90. The van der Waals surface area contributed by atoms with Crippen molar-refractivity contribution in [2.45, 2.75) is 31.7 Å². The predicted octanol–water partition coefficient (Wildman–Crippen LogP) is 4.76. The minimum absolute atomic E-state index is 0. The summed E-state index contributed by atoms with van der Waals surface area (Å²) < 4.78 is 10.7. The second kappa shape index (κ2) is 14.3. The van der Waals surface area contributed by atoms with E-state index in [1.54, 1.807) is 41.3 Å². The first-order valence-corrected chi connectivity index (χ1v) is 13.0. The molecule has 0 aliphatic carbocycles. The minimum Gasteiger partial charge on any atom is -0.485 e. The van der Waals surface area contributed by atoms with Gasteiger partial charge in [-0.05, 0) is 42.0 Å². The number of ether oxygens (including phenoxy) is 2. The number of nitrogens with one attached hydrogen (secondary N) is 1. The van der Waals surface area contributed by atoms with Crippen LogP contribution in [-0.2, 0) is 20.7 Å². The van der Waals surface area contributed by atoms with Crippen LogP contribution >= 0.6 is 12.4 Å². The van der Waals surface area contributed by atoms with E-state index < -0.39 is 16.8 Å². The van der Waals surface area contributed by atoms with E-state index in [1.165, 1.54) is 18.7 Å². The summed E-state index contributed by atoms with van der Waals surface area (Å²) in [5.74, 6) is -1.07. The van der Waals surface area contributed by atoms with Gasteiger partial charge in [-0.25, -0.2) is 0 Å². The van der Waals surface area contributed by atoms with Gasteiger partial charge in [0.2, 0.25) is 5.91 Å². The van der Waals surface area contributed by atoms with Crippen molar-refractivity contribution >= 4 is 35.8 Å². The van der Waals surface area contributed by atoms with Crippen molar-refractivity contribution in [1.29, 1.82) is 5.41 Å². The molecule has 1 saturated heterocycles. The van der Waals surface area contributed by atoms with E-state index in [2.05, 4.69) is 0 Å². The largest absolute Gasteiger partial charge is 0.485 e. The SMILES string of the molecule is COC(=O)C[C@@H]1C[C@@H](COc2ccc(-c3ccc(C(=N)N)cc3)cc2[N+](=O)[O-])N(CCCc2ccccc2)C1=O.Cl. The summed E-state index contributed by atoms with van der Waals surface area (Å²) in [4.78, 5) is 38.2. The highest BCUT2D eigenvalue weighted by atomic mass is 35.5. The first kappa shape index (κ1) is 31.1. The van der Waals surface area contributed by atoms with E-state index in [1.807, 2.05) is 30.3 Å². The van der Waals surface area contributed by atoms with E-state index >= 15 is 0 Å². The highest BCUT2D eigenvalue weighted by Gasteiger charge is 2.40. The summed E-state index contributed by atoms with van der Waals surface area (Å²) >= 11 is 0. The number of hydrogen-bond donors (Lipinski definition) is 2. The molecular formula is C30H33ClN4O6. The Balaban J connectivity index is 0.00000462. The van der Waals surface area contributed by atoms with Crippen LogP contribution in [0.4, 0.5) is 5.69 Å². The van der Waals surface area contributed by atoms with E-state index in [0.717, 1.165) is 18.4 Å². The maximum Gasteiger partial charge on any atom is 0.311 e. The first-order valence-electron chi connectivity index (χ1n) is 13.0. The van der Waals surface area contributed by atoms with Crippen LogP contribution in [0.25, 0.3) is 11.1 Å². The zero-order valence-corrected chi connectivity index (χ0v) is 23.5. The van der Waals surface area contributed by atoms with Crippen LogP contribution < -0.4 is 10.5 Å². The number of halogens is 1. The standard InChI is InChI=1S/C30H32N4O6.ClH/c1-39-28(35)18-24-16-25(33(30(24)36)15-5-8-20-6-3-2-4-7-20)19-40-27-14-13-23(17-26(27)34(37)38)21-9-11-22(12-10-21)29(31)32;/h2-4,6-7,9-14,17,24-25H,5,8,15-16,18-19H2,1H3,(H3,31,32);1H/t24-,25-;/m0./s1. The maximum atomic E-state index is 13.2. The van der Waals surface area contributed by atoms with Crippen molar-refractivity contribution < 1.29 is 24.0 Å². The van der Waals surface area contributed by atoms with Crippen molar-refractivity contribution in [2.24, 2.45) is 11.7 Å². The second-order valence-electron chi connectivity index (χ2n) is 9.73. The van der Waals surface area contributed by atoms with Crippen molar-refractivity contribution in [3.05, 3.63) is 94.0 Å². The molecular weight excluding hydrogens is 548 g/mol. The van der Waals surface area contributed by atoms with Crippen LogP contribution in [0.1, 0.15) is 30.4 Å². The molecule has 3 aromatic rings. The van der Waals surface area contributed by atoms with Crippen LogP contribution in [0.2, 0.25) is 0 Å². The first-order chi connectivity index (χ1) is 19.3. The van der Waals surface area contributed by atoms with E-state index in [9.17, 15) is 19.7 Å². The molecule has 0 saturated carbocycles. The summed E-state index contributed by atoms with van der Waals surface area (Å²) in [5.41, 5.74) is 8.39. The Morgan fingerprint density at radius 2 is 1.78 bits per heavy atom. The lowest BCUT2D eigenvalue weighted by Crippen LogP contribution is -2.38. The van der Waals surface area contributed by atoms with E-state index in [-0.39, 0.29) is 54.7 Å². The molecule has 1 amide bonds. The van der Waals surface area contributed by atoms with Crippen molar-refractivity contribution in [2.75, 3.05) is 20.3 Å². The molecule has 4 rings (SSSR count). The molecule has 41 heavy (non-hydrogen) atoms. The number of aryl methyl sites for hydroxylation is 1. The smallest absolute Gasteiger partial charge is 0.311 e. The normalized spacial score (nSPS) is 16.1. The number of amides is 1. The Morgan fingerprint density at radius 3 is 2.41 bits per heavy atom. The number of likely N-dealkylation sites (tertiary alicyclic amines) is 1. The monoisotopic (exact) mass is 580 g/mol. The Bertz CT molecular complexity index is 1380. The lowest BCUT2D eigenvalue weighted by Gasteiger charge is -2.25. The number of nitrogen functional groups attached to an aromatic ring is 1. The quantitative estimate of drug-likeness (QED) is 0.103. The number of benzene rings is 3. The van der Waals surface area contributed by atoms with Crippen molar-refractivity contribution in [1.82, 2.24) is 4.90 Å². The van der Waals surface area contributed by atoms with Gasteiger partial charge in [0.15, 0.2) is 5.75 Å². The number of methoxy groups -OCH3 is 1. The number of carbonyl (C=O) groups excluding carboxylic acids is 2. The summed E-state index contributed by atoms with van der Waals surface area (Å²) in [6.45, 7) is 0.541. The van der Waals surface area contributed by atoms with Crippen LogP contribution in [0.3, 0.4) is 0 Å². The number of nitro groups is 1. The molecule has 0 spiro atoms. The number of esters is 1. The zero-order valence-electron chi connectivity index (χ0n) is 22.7. The summed E-state index contributed by atoms with van der Waals surface area (Å²) in [5, 5.41) is 19.4. The second-order valence-corrected chi connectivity index (χ2v) is 9.73. The molecule has 0 radical (unpaired) electrons. The number of amidine groups is 1. The predicted molar refractivity (Wildman–Crippen MR) is 157 cm³/mol. The van der Waals surface area contributed by atoms with Gasteiger partial charge in [0.05, 0.1) is 30.4 Å². The molecule has 11 heteroatoms. The molecule has 2 atom stereocenters. The highest BCUT2D eigenvalue weighted by molar-refractivity contribution is 5.95. The van der Waals surface area contributed by atoms with Crippen LogP contribution in [0.15, 0.2) is 72.8 Å². The fourth-order valence-corrected chi connectivity index (χ4v) is 4.96.